The SMILES string of the molecule is CCNC(CSc1ccccc1Cl)Cc1ccccc1Cl. The molecule has 2 aromatic rings. The first kappa shape index (κ1) is 16.7. The molecule has 21 heavy (non-hydrogen) atoms. The van der Waals surface area contributed by atoms with E-state index in [2.05, 4.69) is 24.4 Å². The average molecular weight is 340 g/mol. The van der Waals surface area contributed by atoms with Gasteiger partial charge < -0.3 is 5.32 Å². The van der Waals surface area contributed by atoms with Crippen LogP contribution in [-0.4, -0.2) is 18.3 Å². The van der Waals surface area contributed by atoms with E-state index in [-0.39, 0.29) is 0 Å². The molecule has 0 amide bonds. The molecule has 0 aliphatic heterocycles. The molecule has 1 N–H and O–H groups in total. The molecule has 112 valence electrons. The second-order valence-corrected chi connectivity index (χ2v) is 6.67. The Balaban J connectivity index is 1.99. The van der Waals surface area contributed by atoms with Crippen LogP contribution in [0, 0.1) is 0 Å². The zero-order chi connectivity index (χ0) is 15.1. The molecule has 0 saturated heterocycles. The van der Waals surface area contributed by atoms with Gasteiger partial charge in [-0.15, -0.1) is 11.8 Å². The first-order chi connectivity index (χ1) is 10.2. The molecule has 0 fully saturated rings. The van der Waals surface area contributed by atoms with Gasteiger partial charge in [0.1, 0.15) is 0 Å². The number of likely N-dealkylation sites (N-methyl/N-ethyl adjacent to an activating group) is 1. The van der Waals surface area contributed by atoms with Crippen LogP contribution >= 0.6 is 35.0 Å². The summed E-state index contributed by atoms with van der Waals surface area (Å²) in [7, 11) is 0. The highest BCUT2D eigenvalue weighted by Crippen LogP contribution is 2.28. The fourth-order valence-corrected chi connectivity index (χ4v) is 3.67. The van der Waals surface area contributed by atoms with E-state index in [9.17, 15) is 0 Å². The Hall–Kier alpha value is -0.670. The maximum atomic E-state index is 6.26. The van der Waals surface area contributed by atoms with Crippen LogP contribution in [0.15, 0.2) is 53.4 Å². The predicted molar refractivity (Wildman–Crippen MR) is 94.8 cm³/mol. The first-order valence-electron chi connectivity index (χ1n) is 7.04. The summed E-state index contributed by atoms with van der Waals surface area (Å²) in [6, 6.07) is 16.4. The van der Waals surface area contributed by atoms with Crippen molar-refractivity contribution in [3.05, 3.63) is 64.1 Å². The van der Waals surface area contributed by atoms with Crippen LogP contribution in [-0.2, 0) is 6.42 Å². The lowest BCUT2D eigenvalue weighted by molar-refractivity contribution is 0.573. The monoisotopic (exact) mass is 339 g/mol. The van der Waals surface area contributed by atoms with Crippen molar-refractivity contribution >= 4 is 35.0 Å². The molecule has 1 unspecified atom stereocenters. The lowest BCUT2D eigenvalue weighted by Gasteiger charge is -2.18. The van der Waals surface area contributed by atoms with Crippen LogP contribution in [0.5, 0.6) is 0 Å². The van der Waals surface area contributed by atoms with Crippen molar-refractivity contribution in [2.24, 2.45) is 0 Å². The summed E-state index contributed by atoms with van der Waals surface area (Å²) >= 11 is 14.2. The smallest absolute Gasteiger partial charge is 0.0541 e. The molecule has 0 aromatic heterocycles. The molecule has 0 radical (unpaired) electrons. The van der Waals surface area contributed by atoms with Gasteiger partial charge in [-0.1, -0.05) is 60.5 Å². The Bertz CT molecular complexity index is 574. The van der Waals surface area contributed by atoms with Gasteiger partial charge in [-0.3, -0.25) is 0 Å². The van der Waals surface area contributed by atoms with Crippen molar-refractivity contribution in [2.75, 3.05) is 12.3 Å². The predicted octanol–water partition coefficient (Wildman–Crippen LogP) is 5.31. The van der Waals surface area contributed by atoms with E-state index in [0.29, 0.717) is 6.04 Å². The maximum Gasteiger partial charge on any atom is 0.0541 e. The van der Waals surface area contributed by atoms with E-state index in [0.717, 1.165) is 33.7 Å². The minimum Gasteiger partial charge on any atom is -0.313 e. The fourth-order valence-electron chi connectivity index (χ4n) is 2.16. The third kappa shape index (κ3) is 5.23. The number of halogens is 2. The van der Waals surface area contributed by atoms with Crippen LogP contribution in [0.4, 0.5) is 0 Å². The maximum absolute atomic E-state index is 6.26. The van der Waals surface area contributed by atoms with Gasteiger partial charge in [0.25, 0.3) is 0 Å². The highest BCUT2D eigenvalue weighted by molar-refractivity contribution is 7.99. The third-order valence-corrected chi connectivity index (χ3v) is 5.24. The molecule has 4 heteroatoms. The Morgan fingerprint density at radius 3 is 2.33 bits per heavy atom. The summed E-state index contributed by atoms with van der Waals surface area (Å²) in [4.78, 5) is 1.13. The van der Waals surface area contributed by atoms with Crippen molar-refractivity contribution in [2.45, 2.75) is 24.3 Å². The van der Waals surface area contributed by atoms with E-state index in [1.54, 1.807) is 11.8 Å². The standard InChI is InChI=1S/C17H19Cl2NS/c1-2-20-14(11-13-7-3-4-8-15(13)18)12-21-17-10-6-5-9-16(17)19/h3-10,14,20H,2,11-12H2,1H3. The number of nitrogens with one attached hydrogen (secondary N) is 1. The fraction of sp³-hybridized carbons (Fsp3) is 0.294. The Morgan fingerprint density at radius 2 is 1.67 bits per heavy atom. The molecule has 2 aromatic carbocycles. The van der Waals surface area contributed by atoms with Gasteiger partial charge in [0.2, 0.25) is 0 Å². The molecule has 0 heterocycles. The topological polar surface area (TPSA) is 12.0 Å². The van der Waals surface area contributed by atoms with Gasteiger partial charge in [-0.2, -0.15) is 0 Å². The Morgan fingerprint density at radius 1 is 1.00 bits per heavy atom. The quantitative estimate of drug-likeness (QED) is 0.686. The lowest BCUT2D eigenvalue weighted by atomic mass is 10.1. The Kier molecular flexibility index (Phi) is 6.91. The molecular formula is C17H19Cl2NS. The third-order valence-electron chi connectivity index (χ3n) is 3.19. The van der Waals surface area contributed by atoms with Crippen molar-refractivity contribution in [3.8, 4) is 0 Å². The van der Waals surface area contributed by atoms with Crippen molar-refractivity contribution in [1.29, 1.82) is 0 Å². The van der Waals surface area contributed by atoms with Crippen LogP contribution in [0.1, 0.15) is 12.5 Å². The molecule has 1 atom stereocenters. The summed E-state index contributed by atoms with van der Waals surface area (Å²) in [5.74, 6) is 0.961. The van der Waals surface area contributed by atoms with Crippen LogP contribution in [0.3, 0.4) is 0 Å². The first-order valence-corrected chi connectivity index (χ1v) is 8.79. The average Bonchev–Trinajstić information content (AvgIpc) is 2.48. The van der Waals surface area contributed by atoms with Gasteiger partial charge in [0.05, 0.1) is 5.02 Å². The van der Waals surface area contributed by atoms with Gasteiger partial charge >= 0.3 is 0 Å². The highest BCUT2D eigenvalue weighted by atomic mass is 35.5. The van der Waals surface area contributed by atoms with Crippen molar-refractivity contribution in [1.82, 2.24) is 5.32 Å². The van der Waals surface area contributed by atoms with Gasteiger partial charge in [-0.05, 0) is 36.7 Å². The highest BCUT2D eigenvalue weighted by Gasteiger charge is 2.12. The molecule has 0 aliphatic rings. The van der Waals surface area contributed by atoms with Crippen LogP contribution in [0.25, 0.3) is 0 Å². The van der Waals surface area contributed by atoms with Crippen LogP contribution < -0.4 is 5.32 Å². The molecule has 1 nitrogen and oxygen atoms in total. The summed E-state index contributed by atoms with van der Waals surface area (Å²) < 4.78 is 0. The zero-order valence-electron chi connectivity index (χ0n) is 12.0. The summed E-state index contributed by atoms with van der Waals surface area (Å²) in [5.41, 5.74) is 1.19. The van der Waals surface area contributed by atoms with Gasteiger partial charge in [0.15, 0.2) is 0 Å². The number of rotatable bonds is 7. The molecule has 2 rings (SSSR count). The minimum absolute atomic E-state index is 0.371. The molecule has 0 aliphatic carbocycles. The van der Waals surface area contributed by atoms with Crippen LogP contribution in [0.2, 0.25) is 10.0 Å². The van der Waals surface area contributed by atoms with E-state index in [1.807, 2.05) is 36.4 Å². The number of benzene rings is 2. The minimum atomic E-state index is 0.371. The second kappa shape index (κ2) is 8.70. The van der Waals surface area contributed by atoms with E-state index >= 15 is 0 Å². The molecule has 0 saturated carbocycles. The number of hydrogen-bond donors (Lipinski definition) is 1. The van der Waals surface area contributed by atoms with Crippen molar-refractivity contribution < 1.29 is 0 Å². The van der Waals surface area contributed by atoms with Gasteiger partial charge in [0, 0.05) is 21.7 Å². The van der Waals surface area contributed by atoms with Gasteiger partial charge in [-0.25, -0.2) is 0 Å². The summed E-state index contributed by atoms with van der Waals surface area (Å²) in [5, 5.41) is 5.18. The summed E-state index contributed by atoms with van der Waals surface area (Å²) in [6.45, 7) is 3.07. The largest absolute Gasteiger partial charge is 0.313 e. The summed E-state index contributed by atoms with van der Waals surface area (Å²) in [6.07, 6.45) is 0.922. The Labute approximate surface area is 141 Å². The number of thioether (sulfide) groups is 1. The van der Waals surface area contributed by atoms with E-state index in [4.69, 9.17) is 23.2 Å². The zero-order valence-corrected chi connectivity index (χ0v) is 14.3. The normalized spacial score (nSPS) is 12.3. The molecular weight excluding hydrogens is 321 g/mol. The van der Waals surface area contributed by atoms with E-state index < -0.39 is 0 Å². The number of hydrogen-bond acceptors (Lipinski definition) is 2. The second-order valence-electron chi connectivity index (χ2n) is 4.79. The lowest BCUT2D eigenvalue weighted by Crippen LogP contribution is -2.33. The van der Waals surface area contributed by atoms with E-state index in [1.165, 1.54) is 5.56 Å². The molecule has 0 bridgehead atoms. The molecule has 0 spiro atoms. The van der Waals surface area contributed by atoms with Crippen molar-refractivity contribution in [3.63, 3.8) is 0 Å².